The lowest BCUT2D eigenvalue weighted by Gasteiger charge is -2.28. The van der Waals surface area contributed by atoms with Crippen molar-refractivity contribution < 1.29 is 28.7 Å². The number of carbonyl (C=O) groups excluding carboxylic acids is 1. The smallest absolute Gasteiger partial charge is 0.350 e. The highest BCUT2D eigenvalue weighted by molar-refractivity contribution is 5.97. The molecule has 224 valence electrons. The molecule has 1 atom stereocenters. The molecule has 0 spiro atoms. The molecular formula is C32H44N2O7. The van der Waals surface area contributed by atoms with Gasteiger partial charge >= 0.3 is 5.97 Å². The quantitative estimate of drug-likeness (QED) is 0.0412. The monoisotopic (exact) mass is 568 g/mol. The van der Waals surface area contributed by atoms with Crippen LogP contribution in [0.25, 0.3) is 0 Å². The molecule has 0 saturated carbocycles. The number of nitrogen functional groups attached to an aromatic ring is 1. The highest BCUT2D eigenvalue weighted by atomic mass is 16.7. The Morgan fingerprint density at radius 2 is 1.76 bits per heavy atom. The number of hydrogen-bond donors (Lipinski definition) is 1. The van der Waals surface area contributed by atoms with Gasteiger partial charge in [0.1, 0.15) is 17.1 Å². The Bertz CT molecular complexity index is 1140. The van der Waals surface area contributed by atoms with Crippen molar-refractivity contribution in [3.63, 3.8) is 0 Å². The summed E-state index contributed by atoms with van der Waals surface area (Å²) >= 11 is 0. The lowest BCUT2D eigenvalue weighted by Crippen LogP contribution is -2.25. The summed E-state index contributed by atoms with van der Waals surface area (Å²) in [6, 6.07) is 9.14. The maximum atomic E-state index is 12.9. The van der Waals surface area contributed by atoms with E-state index >= 15 is 0 Å². The van der Waals surface area contributed by atoms with Gasteiger partial charge in [0.15, 0.2) is 6.29 Å². The minimum absolute atomic E-state index is 0.138. The molecule has 2 aromatic rings. The average Bonchev–Trinajstić information content (AvgIpc) is 2.96. The summed E-state index contributed by atoms with van der Waals surface area (Å²) in [5, 5.41) is 11.8. The number of unbranched alkanes of at least 4 members (excludes halogenated alkanes) is 6. The summed E-state index contributed by atoms with van der Waals surface area (Å²) in [6.07, 6.45) is 13.6. The molecule has 9 nitrogen and oxygen atoms in total. The van der Waals surface area contributed by atoms with Crippen molar-refractivity contribution in [2.45, 2.75) is 91.0 Å². The molecule has 1 aliphatic heterocycles. The Morgan fingerprint density at radius 1 is 1.07 bits per heavy atom. The van der Waals surface area contributed by atoms with Gasteiger partial charge in [-0.3, -0.25) is 10.1 Å². The van der Waals surface area contributed by atoms with Gasteiger partial charge in [0.25, 0.3) is 5.69 Å². The van der Waals surface area contributed by atoms with E-state index in [4.69, 9.17) is 24.7 Å². The first-order chi connectivity index (χ1) is 19.8. The zero-order chi connectivity index (χ0) is 29.6. The van der Waals surface area contributed by atoms with Crippen LogP contribution in [0, 0.1) is 16.0 Å². The van der Waals surface area contributed by atoms with Crippen LogP contribution in [0.5, 0.6) is 11.5 Å². The SMILES string of the molecule is CCCCC/C=C/C1COC(c2ccc(OC(=O)c3cc(N)c(OC(C)CCCCCC)cc3[N+](=O)[O-])cc2)OC1. The van der Waals surface area contributed by atoms with Crippen molar-refractivity contribution >= 4 is 17.3 Å². The molecule has 0 aliphatic carbocycles. The summed E-state index contributed by atoms with van der Waals surface area (Å²) < 4.78 is 23.1. The fourth-order valence-electron chi connectivity index (χ4n) is 4.61. The zero-order valence-electron chi connectivity index (χ0n) is 24.5. The molecule has 1 heterocycles. The second kappa shape index (κ2) is 16.7. The molecule has 2 N–H and O–H groups in total. The standard InChI is InChI=1S/C32H44N2O7/c1-4-6-8-10-12-14-24-21-38-32(39-22-24)25-15-17-26(18-16-25)41-31(35)27-19-28(33)30(20-29(27)34(36)37)40-23(3)13-11-9-7-5-2/h12,14-20,23-24,32H,4-11,13,21-22,33H2,1-3H3/b14-12+. The Morgan fingerprint density at radius 3 is 2.41 bits per heavy atom. The van der Waals surface area contributed by atoms with Crippen LogP contribution in [-0.4, -0.2) is 30.2 Å². The number of anilines is 1. The molecule has 2 aromatic carbocycles. The third kappa shape index (κ3) is 10.2. The van der Waals surface area contributed by atoms with Crippen LogP contribution >= 0.6 is 0 Å². The van der Waals surface area contributed by atoms with Gasteiger partial charge < -0.3 is 24.7 Å². The van der Waals surface area contributed by atoms with E-state index in [2.05, 4.69) is 26.0 Å². The molecule has 9 heteroatoms. The number of nitrogens with two attached hydrogens (primary N) is 1. The molecule has 0 bridgehead atoms. The van der Waals surface area contributed by atoms with E-state index in [1.165, 1.54) is 31.4 Å². The topological polar surface area (TPSA) is 123 Å². The van der Waals surface area contributed by atoms with E-state index < -0.39 is 22.9 Å². The van der Waals surface area contributed by atoms with Gasteiger partial charge in [-0.1, -0.05) is 70.2 Å². The molecule has 1 saturated heterocycles. The molecular weight excluding hydrogens is 524 g/mol. The van der Waals surface area contributed by atoms with Crippen LogP contribution in [-0.2, 0) is 9.47 Å². The fourth-order valence-corrected chi connectivity index (χ4v) is 4.61. The zero-order valence-corrected chi connectivity index (χ0v) is 24.5. The summed E-state index contributed by atoms with van der Waals surface area (Å²) in [5.74, 6) is -0.241. The highest BCUT2D eigenvalue weighted by Crippen LogP contribution is 2.33. The van der Waals surface area contributed by atoms with Gasteiger partial charge in [0.05, 0.1) is 36.0 Å². The normalized spacial score (nSPS) is 17.8. The number of hydrogen-bond acceptors (Lipinski definition) is 8. The van der Waals surface area contributed by atoms with Crippen LogP contribution in [0.3, 0.4) is 0 Å². The minimum atomic E-state index is -0.881. The van der Waals surface area contributed by atoms with Crippen molar-refractivity contribution in [3.05, 3.63) is 69.8 Å². The maximum absolute atomic E-state index is 12.9. The Kier molecular flexibility index (Phi) is 13.1. The molecule has 1 fully saturated rings. The van der Waals surface area contributed by atoms with Crippen LogP contribution in [0.2, 0.25) is 0 Å². The molecule has 0 radical (unpaired) electrons. The number of ether oxygens (including phenoxy) is 4. The number of nitro groups is 1. The third-order valence-electron chi connectivity index (χ3n) is 7.01. The number of rotatable bonds is 16. The second-order valence-corrected chi connectivity index (χ2v) is 10.6. The number of carbonyl (C=O) groups is 1. The molecule has 41 heavy (non-hydrogen) atoms. The van der Waals surface area contributed by atoms with E-state index in [1.807, 2.05) is 6.92 Å². The first kappa shape index (κ1) is 32.1. The van der Waals surface area contributed by atoms with Gasteiger partial charge in [-0.15, -0.1) is 0 Å². The Hall–Kier alpha value is -3.43. The molecule has 3 rings (SSSR count). The summed E-state index contributed by atoms with van der Waals surface area (Å²) in [7, 11) is 0. The van der Waals surface area contributed by atoms with Crippen molar-refractivity contribution in [1.29, 1.82) is 0 Å². The van der Waals surface area contributed by atoms with E-state index in [-0.39, 0.29) is 34.8 Å². The third-order valence-corrected chi connectivity index (χ3v) is 7.01. The van der Waals surface area contributed by atoms with Crippen molar-refractivity contribution in [2.24, 2.45) is 5.92 Å². The summed E-state index contributed by atoms with van der Waals surface area (Å²) in [6.45, 7) is 7.36. The van der Waals surface area contributed by atoms with Gasteiger partial charge in [-0.25, -0.2) is 4.79 Å². The lowest BCUT2D eigenvalue weighted by atomic mass is 10.1. The molecule has 1 aliphatic rings. The number of nitrogens with zero attached hydrogens (tertiary/aromatic N) is 1. The average molecular weight is 569 g/mol. The van der Waals surface area contributed by atoms with Gasteiger partial charge in [-0.05, 0) is 50.8 Å². The Balaban J connectivity index is 1.58. The predicted octanol–water partition coefficient (Wildman–Crippen LogP) is 7.93. The van der Waals surface area contributed by atoms with Crippen LogP contribution in [0.1, 0.15) is 101 Å². The molecule has 1 unspecified atom stereocenters. The first-order valence-electron chi connectivity index (χ1n) is 14.8. The number of esters is 1. The summed E-state index contributed by atoms with van der Waals surface area (Å²) in [4.78, 5) is 24.1. The molecule has 0 aromatic heterocycles. The number of nitro benzene ring substituents is 1. The maximum Gasteiger partial charge on any atom is 0.350 e. The number of benzene rings is 2. The van der Waals surface area contributed by atoms with Crippen LogP contribution in [0.4, 0.5) is 11.4 Å². The number of allylic oxidation sites excluding steroid dienone is 1. The van der Waals surface area contributed by atoms with E-state index in [1.54, 1.807) is 24.3 Å². The fraction of sp³-hybridized carbons (Fsp3) is 0.531. The van der Waals surface area contributed by atoms with E-state index in [0.717, 1.165) is 44.1 Å². The van der Waals surface area contributed by atoms with E-state index in [0.29, 0.717) is 13.2 Å². The van der Waals surface area contributed by atoms with Crippen molar-refractivity contribution in [3.8, 4) is 11.5 Å². The molecule has 0 amide bonds. The van der Waals surface area contributed by atoms with Gasteiger partial charge in [-0.2, -0.15) is 0 Å². The van der Waals surface area contributed by atoms with E-state index in [9.17, 15) is 14.9 Å². The summed E-state index contributed by atoms with van der Waals surface area (Å²) in [5.41, 5.74) is 6.38. The van der Waals surface area contributed by atoms with Gasteiger partial charge in [0, 0.05) is 11.5 Å². The largest absolute Gasteiger partial charge is 0.488 e. The minimum Gasteiger partial charge on any atom is -0.488 e. The highest BCUT2D eigenvalue weighted by Gasteiger charge is 2.26. The van der Waals surface area contributed by atoms with Crippen LogP contribution in [0.15, 0.2) is 48.6 Å². The van der Waals surface area contributed by atoms with Crippen LogP contribution < -0.4 is 15.2 Å². The van der Waals surface area contributed by atoms with Crippen molar-refractivity contribution in [1.82, 2.24) is 0 Å². The predicted molar refractivity (Wildman–Crippen MR) is 159 cm³/mol. The Labute approximate surface area is 243 Å². The first-order valence-corrected chi connectivity index (χ1v) is 14.8. The lowest BCUT2D eigenvalue weighted by molar-refractivity contribution is -0.385. The second-order valence-electron chi connectivity index (χ2n) is 10.6. The van der Waals surface area contributed by atoms with Crippen molar-refractivity contribution in [2.75, 3.05) is 18.9 Å². The van der Waals surface area contributed by atoms with Gasteiger partial charge in [0.2, 0.25) is 0 Å².